The highest BCUT2D eigenvalue weighted by molar-refractivity contribution is 5.90. The van der Waals surface area contributed by atoms with Crippen molar-refractivity contribution >= 4 is 5.97 Å². The molecule has 1 aromatic heterocycles. The predicted octanol–water partition coefficient (Wildman–Crippen LogP) is 3.17. The van der Waals surface area contributed by atoms with Crippen LogP contribution in [-0.4, -0.2) is 11.1 Å². The third kappa shape index (κ3) is 2.53. The van der Waals surface area contributed by atoms with Gasteiger partial charge in [-0.1, -0.05) is 6.07 Å². The molecule has 0 radical (unpaired) electrons. The number of furan rings is 1. The van der Waals surface area contributed by atoms with Crippen LogP contribution < -0.4 is 4.74 Å². The predicted molar refractivity (Wildman–Crippen MR) is 65.9 cm³/mol. The first kappa shape index (κ1) is 12.2. The largest absolute Gasteiger partial charge is 0.485 e. The number of aryl methyl sites for hydroxylation is 1. The fraction of sp³-hybridized carbons (Fsp3) is 0.214. The number of benzene rings is 1. The van der Waals surface area contributed by atoms with E-state index < -0.39 is 5.97 Å². The molecule has 0 fully saturated rings. The Labute approximate surface area is 105 Å². The van der Waals surface area contributed by atoms with E-state index in [2.05, 4.69) is 0 Å². The monoisotopic (exact) mass is 246 g/mol. The maximum Gasteiger partial charge on any atom is 0.336 e. The summed E-state index contributed by atoms with van der Waals surface area (Å²) in [6, 6.07) is 8.67. The van der Waals surface area contributed by atoms with Gasteiger partial charge in [0.1, 0.15) is 23.9 Å². The molecule has 0 atom stereocenters. The minimum atomic E-state index is -0.952. The van der Waals surface area contributed by atoms with Gasteiger partial charge in [0.25, 0.3) is 0 Å². The van der Waals surface area contributed by atoms with E-state index in [1.807, 2.05) is 19.1 Å². The summed E-state index contributed by atoms with van der Waals surface area (Å²) in [4.78, 5) is 11.0. The van der Waals surface area contributed by atoms with E-state index in [0.717, 1.165) is 5.76 Å². The molecule has 0 spiro atoms. The van der Waals surface area contributed by atoms with Crippen molar-refractivity contribution in [2.45, 2.75) is 20.5 Å². The second-order valence-corrected chi connectivity index (χ2v) is 4.03. The fourth-order valence-corrected chi connectivity index (χ4v) is 1.71. The third-order valence-electron chi connectivity index (χ3n) is 2.68. The molecular formula is C14H14O4. The number of rotatable bonds is 4. The highest BCUT2D eigenvalue weighted by Crippen LogP contribution is 2.22. The first-order valence-electron chi connectivity index (χ1n) is 5.59. The summed E-state index contributed by atoms with van der Waals surface area (Å²) in [5.74, 6) is 1.15. The lowest BCUT2D eigenvalue weighted by atomic mass is 10.1. The van der Waals surface area contributed by atoms with Gasteiger partial charge in [-0.25, -0.2) is 4.79 Å². The summed E-state index contributed by atoms with van der Waals surface area (Å²) in [6.07, 6.45) is 0. The van der Waals surface area contributed by atoms with Crippen LogP contribution in [0.4, 0.5) is 0 Å². The molecule has 1 heterocycles. The Bertz CT molecular complexity index is 569. The lowest BCUT2D eigenvalue weighted by Crippen LogP contribution is -2.02. The highest BCUT2D eigenvalue weighted by Gasteiger charge is 2.11. The van der Waals surface area contributed by atoms with Crippen LogP contribution in [0.2, 0.25) is 0 Å². The molecule has 0 aliphatic rings. The highest BCUT2D eigenvalue weighted by atomic mass is 16.5. The smallest absolute Gasteiger partial charge is 0.336 e. The van der Waals surface area contributed by atoms with Crippen molar-refractivity contribution in [2.75, 3.05) is 0 Å². The van der Waals surface area contributed by atoms with Crippen LogP contribution in [0.1, 0.15) is 27.4 Å². The standard InChI is InChI=1S/C14H14O4/c1-9-6-7-11(18-9)8-17-13-5-3-4-12(10(13)2)14(15)16/h3-7H,8H2,1-2H3,(H,15,16). The Morgan fingerprint density at radius 1 is 1.28 bits per heavy atom. The molecule has 0 aliphatic carbocycles. The maximum atomic E-state index is 11.0. The van der Waals surface area contributed by atoms with Gasteiger partial charge in [0.05, 0.1) is 5.56 Å². The molecule has 0 aliphatic heterocycles. The van der Waals surface area contributed by atoms with Crippen molar-refractivity contribution in [3.05, 3.63) is 53.0 Å². The summed E-state index contributed by atoms with van der Waals surface area (Å²) in [5.41, 5.74) is 0.872. The molecule has 4 nitrogen and oxygen atoms in total. The Hall–Kier alpha value is -2.23. The molecule has 1 N–H and O–H groups in total. The fourth-order valence-electron chi connectivity index (χ4n) is 1.71. The molecule has 2 rings (SSSR count). The Morgan fingerprint density at radius 2 is 2.06 bits per heavy atom. The second-order valence-electron chi connectivity index (χ2n) is 4.03. The summed E-state index contributed by atoms with van der Waals surface area (Å²) in [7, 11) is 0. The van der Waals surface area contributed by atoms with E-state index in [-0.39, 0.29) is 12.2 Å². The van der Waals surface area contributed by atoms with Crippen molar-refractivity contribution in [1.82, 2.24) is 0 Å². The van der Waals surface area contributed by atoms with Crippen LogP contribution in [0.5, 0.6) is 5.75 Å². The quantitative estimate of drug-likeness (QED) is 0.900. The van der Waals surface area contributed by atoms with Crippen LogP contribution in [0.25, 0.3) is 0 Å². The van der Waals surface area contributed by atoms with E-state index >= 15 is 0 Å². The van der Waals surface area contributed by atoms with Crippen LogP contribution in [-0.2, 0) is 6.61 Å². The molecule has 4 heteroatoms. The number of carboxylic acid groups (broad SMARTS) is 1. The van der Waals surface area contributed by atoms with E-state index in [4.69, 9.17) is 14.3 Å². The average molecular weight is 246 g/mol. The zero-order chi connectivity index (χ0) is 13.1. The van der Waals surface area contributed by atoms with E-state index in [1.54, 1.807) is 25.1 Å². The van der Waals surface area contributed by atoms with E-state index in [1.165, 1.54) is 0 Å². The summed E-state index contributed by atoms with van der Waals surface area (Å²) in [6.45, 7) is 3.88. The number of hydrogen-bond donors (Lipinski definition) is 1. The second kappa shape index (κ2) is 4.96. The van der Waals surface area contributed by atoms with Crippen molar-refractivity contribution in [1.29, 1.82) is 0 Å². The number of aromatic carboxylic acids is 1. The molecule has 94 valence electrons. The van der Waals surface area contributed by atoms with Gasteiger partial charge < -0.3 is 14.3 Å². The van der Waals surface area contributed by atoms with Crippen LogP contribution >= 0.6 is 0 Å². The molecular weight excluding hydrogens is 232 g/mol. The van der Waals surface area contributed by atoms with Gasteiger partial charge in [0.15, 0.2) is 0 Å². The van der Waals surface area contributed by atoms with Gasteiger partial charge in [0, 0.05) is 5.56 Å². The maximum absolute atomic E-state index is 11.0. The van der Waals surface area contributed by atoms with Gasteiger partial charge in [-0.3, -0.25) is 0 Å². The minimum absolute atomic E-state index is 0.253. The Kier molecular flexibility index (Phi) is 3.37. The lowest BCUT2D eigenvalue weighted by molar-refractivity contribution is 0.0695. The molecule has 0 bridgehead atoms. The summed E-state index contributed by atoms with van der Waals surface area (Å²) >= 11 is 0. The normalized spacial score (nSPS) is 10.3. The number of carboxylic acids is 1. The van der Waals surface area contributed by atoms with Crippen molar-refractivity contribution < 1.29 is 19.1 Å². The molecule has 18 heavy (non-hydrogen) atoms. The van der Waals surface area contributed by atoms with Crippen LogP contribution in [0.15, 0.2) is 34.7 Å². The average Bonchev–Trinajstić information content (AvgIpc) is 2.73. The molecule has 2 aromatic rings. The number of ether oxygens (including phenoxy) is 1. The van der Waals surface area contributed by atoms with Gasteiger partial charge >= 0.3 is 5.97 Å². The zero-order valence-corrected chi connectivity index (χ0v) is 10.3. The molecule has 1 aromatic carbocycles. The topological polar surface area (TPSA) is 59.7 Å². The SMILES string of the molecule is Cc1ccc(COc2cccc(C(=O)O)c2C)o1. The van der Waals surface area contributed by atoms with Gasteiger partial charge in [-0.2, -0.15) is 0 Å². The van der Waals surface area contributed by atoms with Crippen molar-refractivity contribution in [2.24, 2.45) is 0 Å². The molecule has 0 saturated heterocycles. The van der Waals surface area contributed by atoms with Gasteiger partial charge in [-0.05, 0) is 38.1 Å². The van der Waals surface area contributed by atoms with E-state index in [9.17, 15) is 4.79 Å². The van der Waals surface area contributed by atoms with E-state index in [0.29, 0.717) is 17.1 Å². The summed E-state index contributed by atoms with van der Waals surface area (Å²) in [5, 5.41) is 9.00. The summed E-state index contributed by atoms with van der Waals surface area (Å²) < 4.78 is 11.0. The minimum Gasteiger partial charge on any atom is -0.485 e. The van der Waals surface area contributed by atoms with Crippen molar-refractivity contribution in [3.63, 3.8) is 0 Å². The Morgan fingerprint density at radius 3 is 2.67 bits per heavy atom. The number of hydrogen-bond acceptors (Lipinski definition) is 3. The van der Waals surface area contributed by atoms with Crippen LogP contribution in [0.3, 0.4) is 0 Å². The first-order chi connectivity index (χ1) is 8.58. The first-order valence-corrected chi connectivity index (χ1v) is 5.59. The van der Waals surface area contributed by atoms with Gasteiger partial charge in [0.2, 0.25) is 0 Å². The molecule has 0 amide bonds. The number of carbonyl (C=O) groups is 1. The van der Waals surface area contributed by atoms with Crippen molar-refractivity contribution in [3.8, 4) is 5.75 Å². The van der Waals surface area contributed by atoms with Crippen LogP contribution in [0, 0.1) is 13.8 Å². The zero-order valence-electron chi connectivity index (χ0n) is 10.3. The van der Waals surface area contributed by atoms with Gasteiger partial charge in [-0.15, -0.1) is 0 Å². The molecule has 0 saturated carbocycles. The lowest BCUT2D eigenvalue weighted by Gasteiger charge is -2.09. The molecule has 0 unspecified atom stereocenters. The third-order valence-corrected chi connectivity index (χ3v) is 2.68. The Balaban J connectivity index is 2.14.